The van der Waals surface area contributed by atoms with Crippen molar-refractivity contribution in [1.29, 1.82) is 0 Å². The Morgan fingerprint density at radius 1 is 1.24 bits per heavy atom. The second-order valence-corrected chi connectivity index (χ2v) is 5.76. The van der Waals surface area contributed by atoms with Gasteiger partial charge in [-0.15, -0.1) is 0 Å². The van der Waals surface area contributed by atoms with E-state index in [1.165, 1.54) is 22.4 Å². The number of nitrogens with one attached hydrogen (secondary N) is 1. The Kier molecular flexibility index (Phi) is 1.78. The van der Waals surface area contributed by atoms with Crippen LogP contribution in [0.4, 0.5) is 0 Å². The lowest BCUT2D eigenvalue weighted by atomic mass is 9.77. The smallest absolute Gasteiger partial charge is 0.162 e. The van der Waals surface area contributed by atoms with Crippen LogP contribution in [0.2, 0.25) is 0 Å². The number of carbonyl (C=O) groups is 1. The number of allylic oxidation sites excluding steroid dienone is 5. The van der Waals surface area contributed by atoms with E-state index < -0.39 is 0 Å². The van der Waals surface area contributed by atoms with Crippen molar-refractivity contribution in [3.63, 3.8) is 0 Å². The van der Waals surface area contributed by atoms with Crippen molar-refractivity contribution < 1.29 is 4.79 Å². The van der Waals surface area contributed by atoms with Crippen molar-refractivity contribution in [3.05, 3.63) is 34.1 Å². The van der Waals surface area contributed by atoms with Crippen LogP contribution in [0.15, 0.2) is 34.1 Å². The zero-order valence-corrected chi connectivity index (χ0v) is 10.2. The molecule has 2 unspecified atom stereocenters. The maximum absolute atomic E-state index is 12.2. The lowest BCUT2D eigenvalue weighted by Gasteiger charge is -2.26. The van der Waals surface area contributed by atoms with Crippen molar-refractivity contribution >= 4 is 5.78 Å². The number of Topliss-reactive ketones (excluding diaryl/α,β-unsaturated/α-hetero) is 1. The van der Waals surface area contributed by atoms with Gasteiger partial charge in [-0.3, -0.25) is 4.79 Å². The van der Waals surface area contributed by atoms with E-state index in [-0.39, 0.29) is 5.92 Å². The van der Waals surface area contributed by atoms with Gasteiger partial charge in [0.1, 0.15) is 0 Å². The number of hydrogen-bond acceptors (Lipinski definition) is 2. The van der Waals surface area contributed by atoms with Crippen LogP contribution in [0.1, 0.15) is 32.6 Å². The number of hydrogen-bond donors (Lipinski definition) is 1. The molecular formula is C15H17NO. The van der Waals surface area contributed by atoms with Gasteiger partial charge in [-0.1, -0.05) is 13.0 Å². The summed E-state index contributed by atoms with van der Waals surface area (Å²) in [7, 11) is 0. The van der Waals surface area contributed by atoms with Gasteiger partial charge in [-0.2, -0.15) is 0 Å². The molecular weight excluding hydrogens is 210 g/mol. The van der Waals surface area contributed by atoms with E-state index in [9.17, 15) is 4.79 Å². The number of carbonyl (C=O) groups excluding carboxylic acids is 1. The maximum atomic E-state index is 12.2. The molecule has 1 saturated heterocycles. The van der Waals surface area contributed by atoms with Crippen LogP contribution < -0.4 is 5.32 Å². The summed E-state index contributed by atoms with van der Waals surface area (Å²) in [5, 5.41) is 3.51. The van der Waals surface area contributed by atoms with E-state index in [0.717, 1.165) is 32.2 Å². The number of rotatable bonds is 0. The first-order valence-corrected chi connectivity index (χ1v) is 6.69. The highest BCUT2D eigenvalue weighted by molar-refractivity contribution is 6.02. The lowest BCUT2D eigenvalue weighted by molar-refractivity contribution is -0.118. The average molecular weight is 227 g/mol. The fraction of sp³-hybridized carbons (Fsp3) is 0.533. The van der Waals surface area contributed by atoms with Crippen molar-refractivity contribution in [1.82, 2.24) is 5.32 Å². The van der Waals surface area contributed by atoms with E-state index >= 15 is 0 Å². The summed E-state index contributed by atoms with van der Waals surface area (Å²) in [6.07, 6.45) is 6.60. The third kappa shape index (κ3) is 1.13. The first-order chi connectivity index (χ1) is 8.25. The Bertz CT molecular complexity index is 521. The van der Waals surface area contributed by atoms with Crippen LogP contribution in [0, 0.1) is 11.8 Å². The summed E-state index contributed by atoms with van der Waals surface area (Å²) in [4.78, 5) is 12.2. The van der Waals surface area contributed by atoms with Gasteiger partial charge >= 0.3 is 0 Å². The second kappa shape index (κ2) is 3.12. The Labute approximate surface area is 101 Å². The molecule has 2 atom stereocenters. The van der Waals surface area contributed by atoms with Gasteiger partial charge in [0.05, 0.1) is 0 Å². The highest BCUT2D eigenvalue weighted by atomic mass is 16.1. The fourth-order valence-corrected chi connectivity index (χ4v) is 3.97. The molecule has 1 N–H and O–H groups in total. The van der Waals surface area contributed by atoms with Gasteiger partial charge in [-0.25, -0.2) is 0 Å². The zero-order valence-electron chi connectivity index (χ0n) is 10.2. The molecule has 0 spiro atoms. The number of ketones is 1. The fourth-order valence-electron chi connectivity index (χ4n) is 3.97. The molecule has 0 aromatic carbocycles. The molecule has 1 aliphatic heterocycles. The van der Waals surface area contributed by atoms with Crippen LogP contribution in [-0.2, 0) is 4.79 Å². The molecule has 0 aromatic heterocycles. The van der Waals surface area contributed by atoms with Crippen molar-refractivity contribution in [2.24, 2.45) is 11.8 Å². The highest BCUT2D eigenvalue weighted by Gasteiger charge is 2.41. The summed E-state index contributed by atoms with van der Waals surface area (Å²) >= 11 is 0. The minimum absolute atomic E-state index is 0.231. The Balaban J connectivity index is 1.90. The van der Waals surface area contributed by atoms with E-state index in [0.29, 0.717) is 11.7 Å². The van der Waals surface area contributed by atoms with Gasteiger partial charge in [-0.05, 0) is 48.0 Å². The molecule has 2 heteroatoms. The minimum atomic E-state index is 0.231. The summed E-state index contributed by atoms with van der Waals surface area (Å²) in [6, 6.07) is 0. The summed E-state index contributed by atoms with van der Waals surface area (Å²) in [5.41, 5.74) is 7.04. The quantitative estimate of drug-likeness (QED) is 0.689. The van der Waals surface area contributed by atoms with Crippen molar-refractivity contribution in [2.75, 3.05) is 6.54 Å². The molecule has 88 valence electrons. The predicted molar refractivity (Wildman–Crippen MR) is 66.3 cm³/mol. The lowest BCUT2D eigenvalue weighted by Crippen LogP contribution is -2.16. The molecule has 0 aromatic rings. The minimum Gasteiger partial charge on any atom is -0.384 e. The molecule has 1 fully saturated rings. The van der Waals surface area contributed by atoms with Crippen LogP contribution in [0.3, 0.4) is 0 Å². The molecule has 3 aliphatic carbocycles. The van der Waals surface area contributed by atoms with E-state index in [1.807, 2.05) is 0 Å². The summed E-state index contributed by atoms with van der Waals surface area (Å²) in [5.74, 6) is 1.23. The first-order valence-electron chi connectivity index (χ1n) is 6.69. The van der Waals surface area contributed by atoms with Gasteiger partial charge < -0.3 is 5.32 Å². The van der Waals surface area contributed by atoms with Gasteiger partial charge in [0, 0.05) is 24.1 Å². The summed E-state index contributed by atoms with van der Waals surface area (Å²) in [6.45, 7) is 3.11. The Morgan fingerprint density at radius 3 is 3.00 bits per heavy atom. The van der Waals surface area contributed by atoms with Gasteiger partial charge in [0.25, 0.3) is 0 Å². The normalized spacial score (nSPS) is 34.6. The zero-order chi connectivity index (χ0) is 11.6. The van der Waals surface area contributed by atoms with Gasteiger partial charge in [0.15, 0.2) is 5.78 Å². The van der Waals surface area contributed by atoms with Crippen LogP contribution in [0.5, 0.6) is 0 Å². The molecule has 0 amide bonds. The molecule has 4 rings (SSSR count). The molecule has 0 bridgehead atoms. The molecule has 0 saturated carbocycles. The molecule has 4 aliphatic rings. The third-order valence-corrected chi connectivity index (χ3v) is 4.74. The second-order valence-electron chi connectivity index (χ2n) is 5.76. The third-order valence-electron chi connectivity index (χ3n) is 4.74. The maximum Gasteiger partial charge on any atom is 0.162 e. The summed E-state index contributed by atoms with van der Waals surface area (Å²) < 4.78 is 0. The van der Waals surface area contributed by atoms with Crippen LogP contribution in [0.25, 0.3) is 0 Å². The highest BCUT2D eigenvalue weighted by Crippen LogP contribution is 2.49. The molecule has 0 radical (unpaired) electrons. The predicted octanol–water partition coefficient (Wildman–Crippen LogP) is 2.49. The molecule has 2 nitrogen and oxygen atoms in total. The van der Waals surface area contributed by atoms with E-state index in [2.05, 4.69) is 18.3 Å². The van der Waals surface area contributed by atoms with Crippen molar-refractivity contribution in [3.8, 4) is 0 Å². The van der Waals surface area contributed by atoms with Crippen LogP contribution in [-0.4, -0.2) is 12.3 Å². The standard InChI is InChI=1S/C15H17NO/c1-8-5-11-10-3-2-4-13-14(10)9(7-16-13)6-12(11)15(8)17/h4,8-9,16H,2-3,5-7H2,1H3. The topological polar surface area (TPSA) is 29.1 Å². The first kappa shape index (κ1) is 9.69. The van der Waals surface area contributed by atoms with Crippen molar-refractivity contribution in [2.45, 2.75) is 32.6 Å². The van der Waals surface area contributed by atoms with Gasteiger partial charge in [0.2, 0.25) is 0 Å². The van der Waals surface area contributed by atoms with E-state index in [4.69, 9.17) is 0 Å². The Morgan fingerprint density at radius 2 is 2.12 bits per heavy atom. The number of fused-ring (bicyclic) bond motifs is 1. The SMILES string of the molecule is CC1CC2=C(CC3CNC4=CCCC2=C43)C1=O. The van der Waals surface area contributed by atoms with Crippen LogP contribution >= 0.6 is 0 Å². The molecule has 17 heavy (non-hydrogen) atoms. The monoisotopic (exact) mass is 227 g/mol. The van der Waals surface area contributed by atoms with E-state index in [1.54, 1.807) is 5.57 Å². The molecule has 1 heterocycles. The Hall–Kier alpha value is -1.31. The average Bonchev–Trinajstić information content (AvgIpc) is 2.87. The largest absolute Gasteiger partial charge is 0.384 e.